The lowest BCUT2D eigenvalue weighted by molar-refractivity contribution is -0.608. The number of aromatic nitrogens is 3. The van der Waals surface area contributed by atoms with Gasteiger partial charge in [-0.3, -0.25) is 4.79 Å². The van der Waals surface area contributed by atoms with Crippen LogP contribution >= 0.6 is 0 Å². The molecule has 2 aromatic heterocycles. The van der Waals surface area contributed by atoms with Crippen LogP contribution in [0.3, 0.4) is 0 Å². The third-order valence-corrected chi connectivity index (χ3v) is 6.09. The maximum atomic E-state index is 12.8. The first-order chi connectivity index (χ1) is 14.9. The number of nitrogens with one attached hydrogen (secondary N) is 1. The summed E-state index contributed by atoms with van der Waals surface area (Å²) < 4.78 is 7.70. The van der Waals surface area contributed by atoms with Crippen LogP contribution in [-0.4, -0.2) is 32.4 Å². The van der Waals surface area contributed by atoms with Crippen molar-refractivity contribution in [3.8, 4) is 5.69 Å². The van der Waals surface area contributed by atoms with Gasteiger partial charge in [0.15, 0.2) is 12.0 Å². The Labute approximate surface area is 177 Å². The Morgan fingerprint density at radius 3 is 2.61 bits per heavy atom. The topological polar surface area (TPSA) is 120 Å². The van der Waals surface area contributed by atoms with E-state index >= 15 is 0 Å². The number of benzene rings is 1. The number of aliphatic hydroxyl groups is 1. The summed E-state index contributed by atoms with van der Waals surface area (Å²) in [5, 5.41) is 30.0. The minimum atomic E-state index is -1.63. The Hall–Kier alpha value is -3.72. The number of hydrogen-bond acceptors (Lipinski definition) is 6. The molecule has 0 unspecified atom stereocenters. The number of nitrogens with zero attached hydrogens (tertiary/aromatic N) is 3. The zero-order valence-corrected chi connectivity index (χ0v) is 16.5. The van der Waals surface area contributed by atoms with Crippen LogP contribution in [-0.2, 0) is 15.1 Å². The average molecular weight is 420 g/mol. The molecule has 2 aliphatic rings. The number of hydrogen-bond donors (Lipinski definition) is 2. The number of rotatable bonds is 3. The maximum Gasteiger partial charge on any atom is 0.406 e. The molecule has 0 radical (unpaired) electrons. The first-order valence-electron chi connectivity index (χ1n) is 10.0. The van der Waals surface area contributed by atoms with E-state index in [2.05, 4.69) is 10.4 Å². The van der Waals surface area contributed by atoms with Crippen LogP contribution in [0.15, 0.2) is 60.9 Å². The first-order valence-corrected chi connectivity index (χ1v) is 10.0. The van der Waals surface area contributed by atoms with Crippen molar-refractivity contribution in [2.45, 2.75) is 36.9 Å². The fraction of sp³-hybridized carbons (Fsp3) is 0.273. The summed E-state index contributed by atoms with van der Waals surface area (Å²) in [4.78, 5) is 25.1. The van der Waals surface area contributed by atoms with Gasteiger partial charge in [-0.1, -0.05) is 18.2 Å². The van der Waals surface area contributed by atoms with Crippen LogP contribution in [0.1, 0.15) is 41.7 Å². The van der Waals surface area contributed by atoms with Gasteiger partial charge >= 0.3 is 11.7 Å². The highest BCUT2D eigenvalue weighted by atomic mass is 16.6. The Morgan fingerprint density at radius 2 is 1.87 bits per heavy atom. The van der Waals surface area contributed by atoms with E-state index in [-0.39, 0.29) is 31.4 Å². The minimum absolute atomic E-state index is 0.0242. The van der Waals surface area contributed by atoms with Gasteiger partial charge in [-0.05, 0) is 43.9 Å². The molecule has 3 aromatic rings. The second-order valence-electron chi connectivity index (χ2n) is 7.95. The minimum Gasteiger partial charge on any atom is -0.618 e. The summed E-state index contributed by atoms with van der Waals surface area (Å²) in [7, 11) is 0. The van der Waals surface area contributed by atoms with Crippen LogP contribution in [0, 0.1) is 5.21 Å². The molecular formula is C22H20N4O5. The summed E-state index contributed by atoms with van der Waals surface area (Å²) in [6.45, 7) is 0. The molecule has 158 valence electrons. The molecule has 1 fully saturated rings. The third-order valence-electron chi connectivity index (χ3n) is 6.09. The van der Waals surface area contributed by atoms with Gasteiger partial charge in [-0.25, -0.2) is 9.48 Å². The summed E-state index contributed by atoms with van der Waals surface area (Å²) in [5.74, 6) is -0.906. The lowest BCUT2D eigenvalue weighted by Crippen LogP contribution is -2.49. The predicted molar refractivity (Wildman–Crippen MR) is 108 cm³/mol. The van der Waals surface area contributed by atoms with Gasteiger partial charge in [0.1, 0.15) is 11.2 Å². The number of pyridine rings is 1. The second-order valence-corrected chi connectivity index (χ2v) is 7.95. The molecule has 0 saturated heterocycles. The smallest absolute Gasteiger partial charge is 0.406 e. The molecule has 9 heteroatoms. The van der Waals surface area contributed by atoms with E-state index in [9.17, 15) is 19.9 Å². The molecule has 1 aliphatic carbocycles. The van der Waals surface area contributed by atoms with E-state index in [0.29, 0.717) is 16.1 Å². The van der Waals surface area contributed by atoms with Gasteiger partial charge in [-0.15, -0.1) is 0 Å². The number of anilines is 1. The van der Waals surface area contributed by atoms with E-state index in [4.69, 9.17) is 4.74 Å². The zero-order valence-electron chi connectivity index (χ0n) is 16.5. The Bertz CT molecular complexity index is 1170. The molecule has 3 heterocycles. The summed E-state index contributed by atoms with van der Waals surface area (Å²) >= 11 is 0. The van der Waals surface area contributed by atoms with Crippen molar-refractivity contribution in [1.82, 2.24) is 9.78 Å². The molecule has 1 spiro atoms. The normalized spacial score (nSPS) is 24.6. The highest BCUT2D eigenvalue weighted by molar-refractivity contribution is 5.96. The molecular weight excluding hydrogens is 400 g/mol. The molecule has 1 aromatic carbocycles. The van der Waals surface area contributed by atoms with Gasteiger partial charge in [-0.2, -0.15) is 9.83 Å². The van der Waals surface area contributed by atoms with Gasteiger partial charge in [0.25, 0.3) is 5.91 Å². The molecule has 0 bridgehead atoms. The number of fused-ring (bicyclic) bond motifs is 2. The largest absolute Gasteiger partial charge is 0.618 e. The van der Waals surface area contributed by atoms with Gasteiger partial charge in [0.05, 0.1) is 11.3 Å². The van der Waals surface area contributed by atoms with Crippen molar-refractivity contribution in [2.24, 2.45) is 0 Å². The fourth-order valence-electron chi connectivity index (χ4n) is 4.35. The van der Waals surface area contributed by atoms with Gasteiger partial charge in [0.2, 0.25) is 0 Å². The van der Waals surface area contributed by atoms with E-state index in [1.165, 1.54) is 6.20 Å². The summed E-state index contributed by atoms with van der Waals surface area (Å²) in [6.07, 6.45) is 3.60. The van der Waals surface area contributed by atoms with Gasteiger partial charge < -0.3 is 20.4 Å². The highest BCUT2D eigenvalue weighted by Crippen LogP contribution is 2.48. The number of para-hydroxylation sites is 1. The summed E-state index contributed by atoms with van der Waals surface area (Å²) in [5.41, 5.74) is -1.28. The molecule has 9 nitrogen and oxygen atoms in total. The Kier molecular flexibility index (Phi) is 4.30. The zero-order chi connectivity index (χ0) is 21.6. The molecule has 2 N–H and O–H groups in total. The van der Waals surface area contributed by atoms with E-state index in [1.807, 2.05) is 30.3 Å². The Balaban J connectivity index is 1.30. The standard InChI is InChI=1S/C22H20N4O5/c27-19-18-16(7-4-13-26(18)30)22(31-19)11-9-21(29,10-12-22)20(28)23-17-8-14-25(24-17)15-5-2-1-3-6-15/h1-8,13-14,29H,9-12H2,(H,23,24,28)/t21-,22-. The van der Waals surface area contributed by atoms with Crippen LogP contribution in [0.4, 0.5) is 5.82 Å². The van der Waals surface area contributed by atoms with Gasteiger partial charge in [0, 0.05) is 18.3 Å². The van der Waals surface area contributed by atoms with Crippen molar-refractivity contribution in [2.75, 3.05) is 5.32 Å². The molecule has 5 rings (SSSR count). The molecule has 1 saturated carbocycles. The van der Waals surface area contributed by atoms with Crippen molar-refractivity contribution in [3.63, 3.8) is 0 Å². The SMILES string of the molecule is O=C1O[C@]2(CC[C@@](O)(C(=O)Nc3ccn(-c4ccccc4)n3)CC2)c2ccc[n+]([O-])c21. The number of carbonyl (C=O) groups is 2. The number of amides is 1. The van der Waals surface area contributed by atoms with Crippen molar-refractivity contribution >= 4 is 17.7 Å². The van der Waals surface area contributed by atoms with Crippen molar-refractivity contribution in [1.29, 1.82) is 0 Å². The number of carbonyl (C=O) groups excluding carboxylic acids is 2. The number of ether oxygens (including phenoxy) is 1. The van der Waals surface area contributed by atoms with Crippen LogP contribution in [0.5, 0.6) is 0 Å². The maximum absolute atomic E-state index is 12.8. The van der Waals surface area contributed by atoms with E-state index in [1.54, 1.807) is 29.1 Å². The molecule has 1 amide bonds. The lowest BCUT2D eigenvalue weighted by Gasteiger charge is -2.39. The van der Waals surface area contributed by atoms with Crippen molar-refractivity contribution in [3.05, 3.63) is 77.4 Å². The monoisotopic (exact) mass is 420 g/mol. The van der Waals surface area contributed by atoms with Crippen molar-refractivity contribution < 1.29 is 24.2 Å². The van der Waals surface area contributed by atoms with Crippen LogP contribution < -0.4 is 10.0 Å². The quantitative estimate of drug-likeness (QED) is 0.379. The Morgan fingerprint density at radius 1 is 1.13 bits per heavy atom. The fourth-order valence-corrected chi connectivity index (χ4v) is 4.35. The highest BCUT2D eigenvalue weighted by Gasteiger charge is 2.55. The molecule has 1 aliphatic heterocycles. The third kappa shape index (κ3) is 3.14. The van der Waals surface area contributed by atoms with Crippen LogP contribution in [0.25, 0.3) is 5.69 Å². The molecule has 31 heavy (non-hydrogen) atoms. The first kappa shape index (κ1) is 19.3. The average Bonchev–Trinajstić information content (AvgIpc) is 3.35. The van der Waals surface area contributed by atoms with Crippen LogP contribution in [0.2, 0.25) is 0 Å². The lowest BCUT2D eigenvalue weighted by atomic mass is 9.73. The second kappa shape index (κ2) is 6.92. The predicted octanol–water partition coefficient (Wildman–Crippen LogP) is 1.82. The molecule has 0 atom stereocenters. The number of esters is 1. The summed E-state index contributed by atoms with van der Waals surface area (Å²) in [6, 6.07) is 14.4. The van der Waals surface area contributed by atoms with E-state index < -0.39 is 23.1 Å². The van der Waals surface area contributed by atoms with E-state index in [0.717, 1.165) is 5.69 Å².